The van der Waals surface area contributed by atoms with Crippen molar-refractivity contribution in [1.82, 2.24) is 4.57 Å². The maximum absolute atomic E-state index is 3.66. The van der Waals surface area contributed by atoms with Crippen LogP contribution < -0.4 is 4.90 Å². The molecule has 4 aliphatic carbocycles. The molecule has 260 valence electrons. The second kappa shape index (κ2) is 12.7. The van der Waals surface area contributed by atoms with Crippen molar-refractivity contribution in [3.05, 3.63) is 209 Å². The van der Waals surface area contributed by atoms with E-state index >= 15 is 0 Å². The van der Waals surface area contributed by atoms with Crippen LogP contribution in [-0.4, -0.2) is 4.57 Å². The van der Waals surface area contributed by atoms with Gasteiger partial charge in [0.05, 0.1) is 16.7 Å². The Morgan fingerprint density at radius 3 is 2.33 bits per heavy atom. The van der Waals surface area contributed by atoms with Gasteiger partial charge in [-0.1, -0.05) is 135 Å². The van der Waals surface area contributed by atoms with Gasteiger partial charge >= 0.3 is 0 Å². The minimum absolute atomic E-state index is 0.0515. The first-order chi connectivity index (χ1) is 26.5. The van der Waals surface area contributed by atoms with Crippen LogP contribution in [0, 0.1) is 11.3 Å². The van der Waals surface area contributed by atoms with Crippen LogP contribution in [0.1, 0.15) is 45.1 Å². The predicted molar refractivity (Wildman–Crippen MR) is 226 cm³/mol. The summed E-state index contributed by atoms with van der Waals surface area (Å²) in [6, 6.07) is 44.4. The van der Waals surface area contributed by atoms with Gasteiger partial charge in [-0.15, -0.1) is 0 Å². The smallest absolute Gasteiger partial charge is 0.0977 e. The summed E-state index contributed by atoms with van der Waals surface area (Å²) >= 11 is 0. The van der Waals surface area contributed by atoms with E-state index in [9.17, 15) is 0 Å². The highest BCUT2D eigenvalue weighted by molar-refractivity contribution is 6.10. The Morgan fingerprint density at radius 2 is 1.48 bits per heavy atom. The molecule has 0 saturated heterocycles. The van der Waals surface area contributed by atoms with Crippen molar-refractivity contribution in [2.75, 3.05) is 4.90 Å². The van der Waals surface area contributed by atoms with Crippen LogP contribution in [0.25, 0.3) is 38.6 Å². The first-order valence-electron chi connectivity index (χ1n) is 19.3. The minimum atomic E-state index is -0.0515. The lowest BCUT2D eigenvalue weighted by Crippen LogP contribution is -2.19. The number of fused-ring (bicyclic) bond motifs is 5. The largest absolute Gasteiger partial charge is 0.309 e. The van der Waals surface area contributed by atoms with Crippen molar-refractivity contribution in [3.63, 3.8) is 0 Å². The third-order valence-electron chi connectivity index (χ3n) is 12.0. The average molecular weight is 695 g/mol. The monoisotopic (exact) mass is 694 g/mol. The molecule has 10 rings (SSSR count). The number of nitrogens with zero attached hydrogens (tertiary/aromatic N) is 2. The number of para-hydroxylation sites is 2. The molecule has 5 aromatic carbocycles. The minimum Gasteiger partial charge on any atom is -0.309 e. The third-order valence-corrected chi connectivity index (χ3v) is 12.0. The molecule has 2 unspecified atom stereocenters. The number of benzene rings is 5. The number of hydrogen-bond donors (Lipinski definition) is 0. The number of anilines is 2. The summed E-state index contributed by atoms with van der Waals surface area (Å²) < 4.78 is 2.37. The van der Waals surface area contributed by atoms with Gasteiger partial charge in [0, 0.05) is 44.7 Å². The molecule has 4 aliphatic rings. The molecule has 6 aromatic rings. The van der Waals surface area contributed by atoms with Crippen LogP contribution in [0.5, 0.6) is 0 Å². The zero-order valence-corrected chi connectivity index (χ0v) is 31.1. The molecule has 2 nitrogen and oxygen atoms in total. The second-order valence-corrected chi connectivity index (χ2v) is 15.6. The highest BCUT2D eigenvalue weighted by Gasteiger charge is 2.41. The topological polar surface area (TPSA) is 8.17 Å². The molecule has 0 spiro atoms. The van der Waals surface area contributed by atoms with Crippen LogP contribution >= 0.6 is 0 Å². The summed E-state index contributed by atoms with van der Waals surface area (Å²) in [6.07, 6.45) is 18.2. The van der Waals surface area contributed by atoms with Gasteiger partial charge in [-0.25, -0.2) is 0 Å². The van der Waals surface area contributed by atoms with E-state index in [-0.39, 0.29) is 5.41 Å². The fraction of sp³-hybridized carbons (Fsp3) is 0.154. The molecule has 0 aliphatic heterocycles. The molecule has 0 amide bonds. The average Bonchev–Trinajstić information content (AvgIpc) is 3.67. The van der Waals surface area contributed by atoms with Crippen LogP contribution in [0.2, 0.25) is 0 Å². The molecular formula is C52H42N2. The van der Waals surface area contributed by atoms with Crippen molar-refractivity contribution >= 4 is 33.2 Å². The molecule has 54 heavy (non-hydrogen) atoms. The molecule has 0 radical (unpaired) electrons. The Hall–Kier alpha value is -6.30. The van der Waals surface area contributed by atoms with Gasteiger partial charge in [0.15, 0.2) is 0 Å². The normalized spacial score (nSPS) is 19.5. The fourth-order valence-corrected chi connectivity index (χ4v) is 9.22. The van der Waals surface area contributed by atoms with Crippen molar-refractivity contribution in [2.24, 2.45) is 11.3 Å². The number of aromatic nitrogens is 1. The first kappa shape index (κ1) is 32.4. The van der Waals surface area contributed by atoms with E-state index in [0.29, 0.717) is 11.8 Å². The lowest BCUT2D eigenvalue weighted by Gasteiger charge is -2.30. The Labute approximate surface area is 318 Å². The quantitative estimate of drug-likeness (QED) is 0.158. The van der Waals surface area contributed by atoms with E-state index in [1.165, 1.54) is 66.5 Å². The number of hydrogen-bond acceptors (Lipinski definition) is 1. The Bertz CT molecular complexity index is 2760. The Balaban J connectivity index is 1.09. The van der Waals surface area contributed by atoms with Crippen molar-refractivity contribution in [2.45, 2.75) is 39.5 Å². The number of allylic oxidation sites excluding steroid dienone is 11. The zero-order valence-electron chi connectivity index (χ0n) is 31.1. The summed E-state index contributed by atoms with van der Waals surface area (Å²) in [5.41, 5.74) is 23.2. The van der Waals surface area contributed by atoms with Crippen LogP contribution in [0.3, 0.4) is 0 Å². The third kappa shape index (κ3) is 5.19. The Kier molecular flexibility index (Phi) is 7.60. The molecule has 0 bridgehead atoms. The highest BCUT2D eigenvalue weighted by atomic mass is 15.1. The van der Waals surface area contributed by atoms with E-state index < -0.39 is 0 Å². The summed E-state index contributed by atoms with van der Waals surface area (Å²) in [5, 5.41) is 2.52. The lowest BCUT2D eigenvalue weighted by molar-refractivity contribution is 0.538. The van der Waals surface area contributed by atoms with E-state index in [4.69, 9.17) is 0 Å². The van der Waals surface area contributed by atoms with Gasteiger partial charge in [-0.05, 0) is 113 Å². The molecule has 2 heteroatoms. The van der Waals surface area contributed by atoms with Gasteiger partial charge in [-0.3, -0.25) is 0 Å². The van der Waals surface area contributed by atoms with E-state index in [1.807, 2.05) is 0 Å². The van der Waals surface area contributed by atoms with Crippen LogP contribution in [0.15, 0.2) is 203 Å². The molecular weight excluding hydrogens is 653 g/mol. The van der Waals surface area contributed by atoms with Crippen molar-refractivity contribution < 1.29 is 0 Å². The molecule has 0 fully saturated rings. The maximum Gasteiger partial charge on any atom is 0.0977 e. The SMILES string of the molecule is CC1C=CC=CC1c1cccc(N(C2=C=C=C3C(=C2)C(C)(C)C2=C3C=CCC2)c2ccc(-c3ccc4c(c3)c3ccccc3n4-c3ccccc3)cc2)c1. The van der Waals surface area contributed by atoms with Gasteiger partial charge in [0.1, 0.15) is 0 Å². The van der Waals surface area contributed by atoms with E-state index in [1.54, 1.807) is 0 Å². The molecule has 1 aromatic heterocycles. The molecule has 1 heterocycles. The second-order valence-electron chi connectivity index (χ2n) is 15.6. The molecule has 0 N–H and O–H groups in total. The summed E-state index contributed by atoms with van der Waals surface area (Å²) in [6.45, 7) is 7.06. The van der Waals surface area contributed by atoms with Gasteiger partial charge in [-0.2, -0.15) is 0 Å². The van der Waals surface area contributed by atoms with Crippen LogP contribution in [0.4, 0.5) is 11.4 Å². The maximum atomic E-state index is 3.66. The van der Waals surface area contributed by atoms with E-state index in [0.717, 1.165) is 29.9 Å². The van der Waals surface area contributed by atoms with Gasteiger partial charge in [0.25, 0.3) is 0 Å². The predicted octanol–water partition coefficient (Wildman–Crippen LogP) is 13.6. The van der Waals surface area contributed by atoms with Crippen LogP contribution in [-0.2, 0) is 0 Å². The van der Waals surface area contributed by atoms with Gasteiger partial charge < -0.3 is 9.47 Å². The highest BCUT2D eigenvalue weighted by Crippen LogP contribution is 2.54. The fourth-order valence-electron chi connectivity index (χ4n) is 9.22. The first-order valence-corrected chi connectivity index (χ1v) is 19.3. The molecule has 0 saturated carbocycles. The van der Waals surface area contributed by atoms with Gasteiger partial charge in [0.2, 0.25) is 0 Å². The summed E-state index contributed by atoms with van der Waals surface area (Å²) in [4.78, 5) is 2.37. The van der Waals surface area contributed by atoms with Crippen molar-refractivity contribution in [1.29, 1.82) is 0 Å². The van der Waals surface area contributed by atoms with E-state index in [2.05, 4.69) is 206 Å². The zero-order chi connectivity index (χ0) is 36.4. The standard InChI is InChI=1S/C52H42N2/c1-35-14-7-8-19-43(35)38-15-13-18-41(32-38)53(42-29-30-45-44-20-9-11-22-48(44)52(2,3)49(45)34-42)40-27-24-36(25-28-40)37-26-31-51-47(33-37)46-21-10-12-23-50(46)54(51)39-16-5-4-6-17-39/h4-10,12-21,23-28,31-35,43H,11,22H2,1-3H3. The summed E-state index contributed by atoms with van der Waals surface area (Å²) in [7, 11) is 0. The number of rotatable bonds is 6. The van der Waals surface area contributed by atoms with Crippen molar-refractivity contribution in [3.8, 4) is 16.8 Å². The molecule has 2 atom stereocenters. The summed E-state index contributed by atoms with van der Waals surface area (Å²) in [5.74, 6) is 0.766. The lowest BCUT2D eigenvalue weighted by atomic mass is 9.78. The Morgan fingerprint density at radius 1 is 0.704 bits per heavy atom.